The molecular formula is C14H14NO5S-. The number of carbonyl (C=O) groups is 1. The van der Waals surface area contributed by atoms with Gasteiger partial charge < -0.3 is 15.0 Å². The molecule has 0 aliphatic heterocycles. The molecule has 0 saturated carbocycles. The monoisotopic (exact) mass is 308 g/mol. The predicted molar refractivity (Wildman–Crippen MR) is 74.7 cm³/mol. The molecule has 2 aromatic carbocycles. The summed E-state index contributed by atoms with van der Waals surface area (Å²) in [5, 5.41) is 21.8. The van der Waals surface area contributed by atoms with E-state index >= 15 is 0 Å². The van der Waals surface area contributed by atoms with Crippen molar-refractivity contribution in [3.05, 3.63) is 42.5 Å². The van der Waals surface area contributed by atoms with Crippen molar-refractivity contribution >= 4 is 26.8 Å². The van der Waals surface area contributed by atoms with Gasteiger partial charge in [-0.1, -0.05) is 30.3 Å². The predicted octanol–water partition coefficient (Wildman–Crippen LogP) is -0.383. The first-order chi connectivity index (χ1) is 9.81. The summed E-state index contributed by atoms with van der Waals surface area (Å²) in [5.41, 5.74) is 0. The SMILES string of the molecule is C[C@H](O)[C@@H](NS(=O)(=O)c1ccc2ccccc2c1)C(=O)[O-]. The molecule has 0 saturated heterocycles. The van der Waals surface area contributed by atoms with Crippen LogP contribution in [0.2, 0.25) is 0 Å². The van der Waals surface area contributed by atoms with E-state index in [1.807, 2.05) is 16.9 Å². The summed E-state index contributed by atoms with van der Waals surface area (Å²) >= 11 is 0. The van der Waals surface area contributed by atoms with Crippen LogP contribution in [0.5, 0.6) is 0 Å². The zero-order valence-corrected chi connectivity index (χ0v) is 12.0. The molecule has 2 rings (SSSR count). The normalized spacial score (nSPS) is 14.8. The highest BCUT2D eigenvalue weighted by Crippen LogP contribution is 2.19. The molecule has 0 amide bonds. The molecule has 7 heteroatoms. The Kier molecular flexibility index (Phi) is 4.26. The zero-order valence-electron chi connectivity index (χ0n) is 11.2. The molecule has 0 heterocycles. The Bertz CT molecular complexity index is 770. The molecule has 2 aromatic rings. The van der Waals surface area contributed by atoms with Crippen LogP contribution in [-0.2, 0) is 14.8 Å². The minimum atomic E-state index is -4.07. The fourth-order valence-electron chi connectivity index (χ4n) is 1.91. The number of hydrogen-bond acceptors (Lipinski definition) is 5. The standard InChI is InChI=1S/C14H15NO5S/c1-9(16)13(14(17)18)15-21(19,20)12-7-6-10-4-2-3-5-11(10)8-12/h2-9,13,15-16H,1H3,(H,17,18)/p-1/t9-,13+/m0/s1. The highest BCUT2D eigenvalue weighted by Gasteiger charge is 2.24. The van der Waals surface area contributed by atoms with Crippen molar-refractivity contribution in [3.63, 3.8) is 0 Å². The maximum absolute atomic E-state index is 12.2. The number of sulfonamides is 1. The Hall–Kier alpha value is -1.96. The Morgan fingerprint density at radius 3 is 2.38 bits per heavy atom. The third kappa shape index (κ3) is 3.38. The number of carboxylic acid groups (broad SMARTS) is 1. The van der Waals surface area contributed by atoms with Gasteiger partial charge in [-0.05, 0) is 29.8 Å². The molecule has 21 heavy (non-hydrogen) atoms. The summed E-state index contributed by atoms with van der Waals surface area (Å²) < 4.78 is 26.3. The largest absolute Gasteiger partial charge is 0.548 e. The third-order valence-electron chi connectivity index (χ3n) is 3.05. The molecule has 2 atom stereocenters. The topological polar surface area (TPSA) is 107 Å². The number of carbonyl (C=O) groups excluding carboxylic acids is 1. The average molecular weight is 308 g/mol. The van der Waals surface area contributed by atoms with E-state index in [0.717, 1.165) is 5.39 Å². The van der Waals surface area contributed by atoms with Crippen molar-refractivity contribution < 1.29 is 23.4 Å². The van der Waals surface area contributed by atoms with E-state index in [0.29, 0.717) is 5.39 Å². The highest BCUT2D eigenvalue weighted by molar-refractivity contribution is 7.89. The van der Waals surface area contributed by atoms with Gasteiger partial charge in [0.15, 0.2) is 0 Å². The maximum atomic E-state index is 12.2. The number of hydrogen-bond donors (Lipinski definition) is 2. The van der Waals surface area contributed by atoms with Gasteiger partial charge in [0.25, 0.3) is 0 Å². The molecule has 2 N–H and O–H groups in total. The van der Waals surface area contributed by atoms with Crippen molar-refractivity contribution in [3.8, 4) is 0 Å². The summed E-state index contributed by atoms with van der Waals surface area (Å²) in [6, 6.07) is 9.91. The Morgan fingerprint density at radius 1 is 1.19 bits per heavy atom. The van der Waals surface area contributed by atoms with Gasteiger partial charge in [0, 0.05) is 0 Å². The lowest BCUT2D eigenvalue weighted by atomic mass is 10.1. The van der Waals surface area contributed by atoms with Crippen LogP contribution < -0.4 is 9.83 Å². The van der Waals surface area contributed by atoms with Crippen LogP contribution in [0.15, 0.2) is 47.4 Å². The van der Waals surface area contributed by atoms with Crippen LogP contribution in [0, 0.1) is 0 Å². The Balaban J connectivity index is 2.39. The molecule has 0 unspecified atom stereocenters. The minimum Gasteiger partial charge on any atom is -0.548 e. The number of aliphatic hydroxyl groups excluding tert-OH is 1. The van der Waals surface area contributed by atoms with Crippen LogP contribution in [0.25, 0.3) is 10.8 Å². The summed E-state index contributed by atoms with van der Waals surface area (Å²) in [6.45, 7) is 1.17. The average Bonchev–Trinajstić information content (AvgIpc) is 2.43. The zero-order chi connectivity index (χ0) is 15.6. The molecule has 0 fully saturated rings. The molecular weight excluding hydrogens is 294 g/mol. The number of fused-ring (bicyclic) bond motifs is 1. The molecule has 112 valence electrons. The van der Waals surface area contributed by atoms with Gasteiger partial charge in [-0.25, -0.2) is 8.42 Å². The number of aliphatic hydroxyl groups is 1. The van der Waals surface area contributed by atoms with E-state index in [1.165, 1.54) is 19.1 Å². The van der Waals surface area contributed by atoms with Gasteiger partial charge >= 0.3 is 0 Å². The smallest absolute Gasteiger partial charge is 0.241 e. The van der Waals surface area contributed by atoms with Gasteiger partial charge in [0.2, 0.25) is 10.0 Å². The summed E-state index contributed by atoms with van der Waals surface area (Å²) in [6.07, 6.45) is -1.41. The van der Waals surface area contributed by atoms with Crippen LogP contribution in [-0.4, -0.2) is 31.6 Å². The highest BCUT2D eigenvalue weighted by atomic mass is 32.2. The minimum absolute atomic E-state index is 0.0758. The second kappa shape index (κ2) is 5.80. The lowest BCUT2D eigenvalue weighted by Crippen LogP contribution is -2.53. The lowest BCUT2D eigenvalue weighted by molar-refractivity contribution is -0.309. The quantitative estimate of drug-likeness (QED) is 0.783. The molecule has 6 nitrogen and oxygen atoms in total. The first kappa shape index (κ1) is 15.4. The van der Waals surface area contributed by atoms with Crippen molar-refractivity contribution in [2.24, 2.45) is 0 Å². The maximum Gasteiger partial charge on any atom is 0.241 e. The molecule has 0 aliphatic carbocycles. The summed E-state index contributed by atoms with van der Waals surface area (Å²) in [5.74, 6) is -1.69. The number of rotatable bonds is 5. The molecule has 0 aliphatic rings. The molecule has 0 aromatic heterocycles. The fourth-order valence-corrected chi connectivity index (χ4v) is 3.21. The van der Waals surface area contributed by atoms with Gasteiger partial charge in [0.05, 0.1) is 23.0 Å². The molecule has 0 spiro atoms. The van der Waals surface area contributed by atoms with Crippen molar-refractivity contribution in [2.45, 2.75) is 24.0 Å². The van der Waals surface area contributed by atoms with E-state index < -0.39 is 28.1 Å². The van der Waals surface area contributed by atoms with E-state index in [1.54, 1.807) is 18.2 Å². The Labute approximate surface area is 122 Å². The van der Waals surface area contributed by atoms with Crippen LogP contribution in [0.4, 0.5) is 0 Å². The number of benzene rings is 2. The van der Waals surface area contributed by atoms with Gasteiger partial charge in [0.1, 0.15) is 0 Å². The summed E-state index contributed by atoms with van der Waals surface area (Å²) in [7, 11) is -4.07. The van der Waals surface area contributed by atoms with E-state index in [-0.39, 0.29) is 4.90 Å². The van der Waals surface area contributed by atoms with Gasteiger partial charge in [-0.2, -0.15) is 4.72 Å². The van der Waals surface area contributed by atoms with E-state index in [2.05, 4.69) is 0 Å². The first-order valence-corrected chi connectivity index (χ1v) is 7.69. The summed E-state index contributed by atoms with van der Waals surface area (Å²) in [4.78, 5) is 10.8. The van der Waals surface area contributed by atoms with Crippen molar-refractivity contribution in [1.29, 1.82) is 0 Å². The number of nitrogens with one attached hydrogen (secondary N) is 1. The van der Waals surface area contributed by atoms with Crippen LogP contribution in [0.1, 0.15) is 6.92 Å². The fraction of sp³-hybridized carbons (Fsp3) is 0.214. The molecule has 0 bridgehead atoms. The van der Waals surface area contributed by atoms with Crippen molar-refractivity contribution in [1.82, 2.24) is 4.72 Å². The van der Waals surface area contributed by atoms with Crippen molar-refractivity contribution in [2.75, 3.05) is 0 Å². The van der Waals surface area contributed by atoms with Gasteiger partial charge in [-0.3, -0.25) is 0 Å². The molecule has 0 radical (unpaired) electrons. The number of aliphatic carboxylic acids is 1. The second-order valence-corrected chi connectivity index (χ2v) is 6.38. The van der Waals surface area contributed by atoms with E-state index in [9.17, 15) is 23.4 Å². The number of carboxylic acids is 1. The second-order valence-electron chi connectivity index (χ2n) is 4.67. The third-order valence-corrected chi connectivity index (χ3v) is 4.49. The van der Waals surface area contributed by atoms with E-state index in [4.69, 9.17) is 0 Å². The lowest BCUT2D eigenvalue weighted by Gasteiger charge is -2.22. The van der Waals surface area contributed by atoms with Crippen LogP contribution in [0.3, 0.4) is 0 Å². The van der Waals surface area contributed by atoms with Crippen LogP contribution >= 0.6 is 0 Å². The Morgan fingerprint density at radius 2 is 1.81 bits per heavy atom. The first-order valence-electron chi connectivity index (χ1n) is 6.21. The van der Waals surface area contributed by atoms with Gasteiger partial charge in [-0.15, -0.1) is 0 Å².